The van der Waals surface area contributed by atoms with Crippen molar-refractivity contribution < 1.29 is 9.59 Å². The number of hydrogen-bond donors (Lipinski definition) is 3. The number of benzene rings is 2. The van der Waals surface area contributed by atoms with E-state index < -0.39 is 0 Å². The zero-order valence-electron chi connectivity index (χ0n) is 17.4. The maximum Gasteiger partial charge on any atom is 0.272 e. The number of aryl methyl sites for hydroxylation is 1. The third-order valence-corrected chi connectivity index (χ3v) is 6.54. The Labute approximate surface area is 185 Å². The van der Waals surface area contributed by atoms with Crippen LogP contribution in [0, 0.1) is 0 Å². The molecule has 2 amide bonds. The number of anilines is 1. The first-order valence-electron chi connectivity index (χ1n) is 11.0. The summed E-state index contributed by atoms with van der Waals surface area (Å²) in [6.45, 7) is 0. The van der Waals surface area contributed by atoms with Gasteiger partial charge < -0.3 is 10.3 Å². The molecule has 6 nitrogen and oxygen atoms in total. The zero-order valence-corrected chi connectivity index (χ0v) is 17.4. The van der Waals surface area contributed by atoms with Crippen molar-refractivity contribution in [2.24, 2.45) is 5.10 Å². The van der Waals surface area contributed by atoms with Crippen LogP contribution in [0.4, 0.5) is 5.69 Å². The largest absolute Gasteiger partial charge is 0.354 e. The normalized spacial score (nSPS) is 18.8. The van der Waals surface area contributed by atoms with Gasteiger partial charge in [0, 0.05) is 22.2 Å². The third-order valence-electron chi connectivity index (χ3n) is 6.54. The summed E-state index contributed by atoms with van der Waals surface area (Å²) in [6.07, 6.45) is 11.8. The lowest BCUT2D eigenvalue weighted by molar-refractivity contribution is -0.117. The third kappa shape index (κ3) is 2.99. The molecular formula is C26H22N4O2. The molecule has 0 bridgehead atoms. The smallest absolute Gasteiger partial charge is 0.272 e. The van der Waals surface area contributed by atoms with E-state index in [0.29, 0.717) is 11.3 Å². The number of hydrazone groups is 1. The Bertz CT molecular complexity index is 1380. The van der Waals surface area contributed by atoms with Gasteiger partial charge in [-0.25, -0.2) is 5.43 Å². The van der Waals surface area contributed by atoms with E-state index >= 15 is 0 Å². The topological polar surface area (TPSA) is 86.3 Å². The van der Waals surface area contributed by atoms with E-state index in [1.807, 2.05) is 24.3 Å². The van der Waals surface area contributed by atoms with Crippen molar-refractivity contribution >= 4 is 40.2 Å². The second-order valence-electron chi connectivity index (χ2n) is 8.48. The molecular weight excluding hydrogens is 400 g/mol. The molecule has 1 atom stereocenters. The van der Waals surface area contributed by atoms with Crippen LogP contribution in [-0.2, 0) is 11.2 Å². The Morgan fingerprint density at radius 3 is 2.94 bits per heavy atom. The van der Waals surface area contributed by atoms with Crippen molar-refractivity contribution in [1.82, 2.24) is 10.4 Å². The van der Waals surface area contributed by atoms with Crippen LogP contribution in [0.1, 0.15) is 57.9 Å². The number of carbonyl (C=O) groups excluding carboxylic acids is 2. The number of rotatable bonds is 3. The summed E-state index contributed by atoms with van der Waals surface area (Å²) in [5.41, 5.74) is 9.72. The average molecular weight is 422 g/mol. The Hall–Kier alpha value is -3.93. The molecule has 1 unspecified atom stereocenters. The molecule has 0 saturated heterocycles. The lowest BCUT2D eigenvalue weighted by atomic mass is 9.98. The van der Waals surface area contributed by atoms with Gasteiger partial charge in [-0.2, -0.15) is 5.10 Å². The van der Waals surface area contributed by atoms with E-state index in [1.54, 1.807) is 12.3 Å². The highest BCUT2D eigenvalue weighted by Crippen LogP contribution is 2.36. The number of carbonyl (C=O) groups is 2. The minimum Gasteiger partial charge on any atom is -0.354 e. The second kappa shape index (κ2) is 7.34. The number of H-pyrrole nitrogens is 1. The first-order chi connectivity index (χ1) is 15.7. The highest BCUT2D eigenvalue weighted by Gasteiger charge is 2.29. The lowest BCUT2D eigenvalue weighted by Crippen LogP contribution is -2.20. The summed E-state index contributed by atoms with van der Waals surface area (Å²) in [7, 11) is 0. The lowest BCUT2D eigenvalue weighted by Gasteiger charge is -2.13. The van der Waals surface area contributed by atoms with Crippen molar-refractivity contribution in [3.63, 3.8) is 0 Å². The molecule has 2 aliphatic carbocycles. The predicted molar refractivity (Wildman–Crippen MR) is 126 cm³/mol. The van der Waals surface area contributed by atoms with Gasteiger partial charge >= 0.3 is 0 Å². The number of nitrogens with one attached hydrogen (secondary N) is 3. The molecule has 6 heteroatoms. The zero-order chi connectivity index (χ0) is 21.7. The second-order valence-corrected chi connectivity index (χ2v) is 8.48. The molecule has 3 aromatic rings. The number of nitrogens with zero attached hydrogens (tertiary/aromatic N) is 1. The maximum absolute atomic E-state index is 13.1. The summed E-state index contributed by atoms with van der Waals surface area (Å²) in [5, 5.41) is 7.99. The van der Waals surface area contributed by atoms with E-state index in [-0.39, 0.29) is 17.7 Å². The summed E-state index contributed by atoms with van der Waals surface area (Å²) in [5.74, 6) is -0.506. The molecule has 2 aromatic carbocycles. The van der Waals surface area contributed by atoms with Crippen molar-refractivity contribution in [2.75, 3.05) is 5.32 Å². The quantitative estimate of drug-likeness (QED) is 0.574. The van der Waals surface area contributed by atoms with Crippen LogP contribution in [0.25, 0.3) is 16.5 Å². The van der Waals surface area contributed by atoms with Crippen molar-refractivity contribution in [1.29, 1.82) is 0 Å². The molecule has 158 valence electrons. The monoisotopic (exact) mass is 422 g/mol. The van der Waals surface area contributed by atoms with Gasteiger partial charge in [-0.3, -0.25) is 9.59 Å². The molecule has 0 fully saturated rings. The molecule has 0 saturated carbocycles. The molecule has 2 heterocycles. The van der Waals surface area contributed by atoms with Crippen LogP contribution >= 0.6 is 0 Å². The van der Waals surface area contributed by atoms with Crippen LogP contribution < -0.4 is 10.7 Å². The van der Waals surface area contributed by atoms with Crippen molar-refractivity contribution in [3.8, 4) is 0 Å². The number of allylic oxidation sites excluding steroid dienone is 4. The van der Waals surface area contributed by atoms with Crippen LogP contribution in [0.3, 0.4) is 0 Å². The number of aromatic nitrogens is 1. The fourth-order valence-corrected chi connectivity index (χ4v) is 5.04. The molecule has 3 aliphatic rings. The molecule has 3 N–H and O–H groups in total. The summed E-state index contributed by atoms with van der Waals surface area (Å²) >= 11 is 0. The van der Waals surface area contributed by atoms with E-state index in [2.05, 4.69) is 45.1 Å². The predicted octanol–water partition coefficient (Wildman–Crippen LogP) is 4.65. The molecule has 32 heavy (non-hydrogen) atoms. The summed E-state index contributed by atoms with van der Waals surface area (Å²) in [4.78, 5) is 29.4. The fourth-order valence-electron chi connectivity index (χ4n) is 5.04. The SMILES string of the molecule is O=C1NN=Cc2c(C3=CCCC=C3)[nH]c3cc(NC(=O)C4CCc5ccccc54)cc1c23. The van der Waals surface area contributed by atoms with Gasteiger partial charge in [-0.1, -0.05) is 42.5 Å². The fraction of sp³-hybridized carbons (Fsp3) is 0.192. The van der Waals surface area contributed by atoms with Gasteiger partial charge in [-0.05, 0) is 54.5 Å². The van der Waals surface area contributed by atoms with E-state index in [9.17, 15) is 9.59 Å². The minimum atomic E-state index is -0.286. The Morgan fingerprint density at radius 2 is 2.06 bits per heavy atom. The maximum atomic E-state index is 13.1. The summed E-state index contributed by atoms with van der Waals surface area (Å²) < 4.78 is 0. The highest BCUT2D eigenvalue weighted by molar-refractivity contribution is 6.17. The van der Waals surface area contributed by atoms with Gasteiger partial charge in [0.25, 0.3) is 5.91 Å². The van der Waals surface area contributed by atoms with Crippen molar-refractivity contribution in [3.05, 3.63) is 82.6 Å². The number of amides is 2. The van der Waals surface area contributed by atoms with Crippen LogP contribution in [-0.4, -0.2) is 23.0 Å². The standard InChI is InChI=1S/C26H22N4O2/c31-25(19-11-10-15-6-4-5-9-18(15)19)28-17-12-20-23-21(14-27-30-26(20)32)24(29-22(23)13-17)16-7-2-1-3-8-16/h2,4-9,12-14,19,29H,1,3,10-11H2,(H,28,31)(H,30,32). The van der Waals surface area contributed by atoms with Gasteiger partial charge in [0.2, 0.25) is 5.91 Å². The molecule has 1 aromatic heterocycles. The average Bonchev–Trinajstić information content (AvgIpc) is 3.36. The van der Waals surface area contributed by atoms with Crippen molar-refractivity contribution in [2.45, 2.75) is 31.6 Å². The van der Waals surface area contributed by atoms with Crippen LogP contribution in [0.15, 0.2) is 59.7 Å². The first-order valence-corrected chi connectivity index (χ1v) is 11.0. The minimum absolute atomic E-state index is 0.0447. The Balaban J connectivity index is 1.41. The van der Waals surface area contributed by atoms with Crippen LogP contribution in [0.5, 0.6) is 0 Å². The summed E-state index contributed by atoms with van der Waals surface area (Å²) in [6, 6.07) is 11.8. The Kier molecular flexibility index (Phi) is 4.31. The molecule has 0 radical (unpaired) electrons. The van der Waals surface area contributed by atoms with Gasteiger partial charge in [-0.15, -0.1) is 0 Å². The molecule has 6 rings (SSSR count). The van der Waals surface area contributed by atoms with E-state index in [0.717, 1.165) is 59.0 Å². The van der Waals surface area contributed by atoms with E-state index in [1.165, 1.54) is 5.56 Å². The number of hydrogen-bond acceptors (Lipinski definition) is 3. The highest BCUT2D eigenvalue weighted by atomic mass is 16.2. The van der Waals surface area contributed by atoms with Gasteiger partial charge in [0.15, 0.2) is 0 Å². The molecule has 1 aliphatic heterocycles. The van der Waals surface area contributed by atoms with E-state index in [4.69, 9.17) is 0 Å². The van der Waals surface area contributed by atoms with Gasteiger partial charge in [0.05, 0.1) is 23.4 Å². The Morgan fingerprint density at radius 1 is 1.16 bits per heavy atom. The van der Waals surface area contributed by atoms with Gasteiger partial charge in [0.1, 0.15) is 0 Å². The first kappa shape index (κ1) is 18.8. The number of fused-ring (bicyclic) bond motifs is 1. The molecule has 0 spiro atoms. The number of aromatic amines is 1. The van der Waals surface area contributed by atoms with Crippen LogP contribution in [0.2, 0.25) is 0 Å².